The summed E-state index contributed by atoms with van der Waals surface area (Å²) in [5.74, 6) is 0.472. The zero-order valence-electron chi connectivity index (χ0n) is 36.4. The average Bonchev–Trinajstić information content (AvgIpc) is 3.77. The van der Waals surface area contributed by atoms with Gasteiger partial charge in [-0.25, -0.2) is 0 Å². The van der Waals surface area contributed by atoms with Gasteiger partial charge in [0.2, 0.25) is 0 Å². The Kier molecular flexibility index (Phi) is 16.5. The highest BCUT2D eigenvalue weighted by atomic mass is 35.5. The minimum absolute atomic E-state index is 0.0145. The molecule has 0 bridgehead atoms. The molecule has 0 aliphatic carbocycles. The highest BCUT2D eigenvalue weighted by molar-refractivity contribution is 6.99. The summed E-state index contributed by atoms with van der Waals surface area (Å²) in [6.45, 7) is 14.7. The van der Waals surface area contributed by atoms with E-state index in [0.29, 0.717) is 41.6 Å². The van der Waals surface area contributed by atoms with Crippen molar-refractivity contribution >= 4 is 36.3 Å². The van der Waals surface area contributed by atoms with Gasteiger partial charge < -0.3 is 38.0 Å². The Bertz CT molecular complexity index is 1820. The van der Waals surface area contributed by atoms with Crippen LogP contribution >= 0.6 is 11.6 Å². The summed E-state index contributed by atoms with van der Waals surface area (Å²) < 4.78 is 42.6. The van der Waals surface area contributed by atoms with Crippen molar-refractivity contribution in [2.24, 2.45) is 5.92 Å². The molecule has 3 aromatic carbocycles. The monoisotopic (exact) mass is 848 g/mol. The Balaban J connectivity index is 1.32. The highest BCUT2D eigenvalue weighted by Gasteiger charge is 2.50. The summed E-state index contributed by atoms with van der Waals surface area (Å²) in [5.41, 5.74) is 1.75. The molecular formula is C48H65ClO9Si. The number of hydrogen-bond acceptors (Lipinski definition) is 9. The van der Waals surface area contributed by atoms with Gasteiger partial charge in [-0.3, -0.25) is 4.79 Å². The molecule has 5 rings (SSSR count). The van der Waals surface area contributed by atoms with Crippen molar-refractivity contribution in [3.8, 4) is 11.5 Å². The minimum Gasteiger partial charge on any atom is -0.493 e. The van der Waals surface area contributed by atoms with Gasteiger partial charge in [0.15, 0.2) is 17.3 Å². The molecule has 1 unspecified atom stereocenters. The van der Waals surface area contributed by atoms with E-state index >= 15 is 0 Å². The number of carbonyl (C=O) groups is 1. The van der Waals surface area contributed by atoms with Crippen LogP contribution in [0.3, 0.4) is 0 Å². The molecule has 0 radical (unpaired) electrons. The van der Waals surface area contributed by atoms with E-state index < -0.39 is 26.2 Å². The van der Waals surface area contributed by atoms with Crippen LogP contribution in [0.1, 0.15) is 86.1 Å². The van der Waals surface area contributed by atoms with Crippen LogP contribution in [0.5, 0.6) is 11.5 Å². The van der Waals surface area contributed by atoms with Gasteiger partial charge in [0.1, 0.15) is 6.10 Å². The van der Waals surface area contributed by atoms with E-state index in [1.807, 2.05) is 74.5 Å². The Morgan fingerprint density at radius 1 is 0.966 bits per heavy atom. The largest absolute Gasteiger partial charge is 0.493 e. The van der Waals surface area contributed by atoms with Crippen molar-refractivity contribution in [1.82, 2.24) is 0 Å². The van der Waals surface area contributed by atoms with Crippen LogP contribution in [-0.2, 0) is 34.6 Å². The number of aliphatic hydroxyl groups is 1. The molecule has 2 fully saturated rings. The van der Waals surface area contributed by atoms with Crippen molar-refractivity contribution in [3.63, 3.8) is 0 Å². The molecule has 0 aromatic heterocycles. The molecule has 2 aliphatic rings. The maximum absolute atomic E-state index is 12.8. The first-order chi connectivity index (χ1) is 28.0. The number of ether oxygens (including phenoxy) is 6. The third-order valence-electron chi connectivity index (χ3n) is 11.2. The van der Waals surface area contributed by atoms with E-state index in [2.05, 4.69) is 51.1 Å². The fourth-order valence-corrected chi connectivity index (χ4v) is 13.1. The van der Waals surface area contributed by atoms with Gasteiger partial charge in [-0.1, -0.05) is 111 Å². The molecule has 0 amide bonds. The molecule has 2 heterocycles. The van der Waals surface area contributed by atoms with Crippen molar-refractivity contribution in [1.29, 1.82) is 0 Å². The SMILES string of the molecule is COc1ccc(C[C@@H]2C[C@@H](CC/C(Cl)=C\C/C=C(/CO[Si](c3ccccc3)(c3ccccc3)C(C)(C)C)C(O)CC(=O)OC(C)C)O[C@@H]2[C@H]2COC(C)(C)O2)cc1OC. The predicted molar refractivity (Wildman–Crippen MR) is 236 cm³/mol. The third-order valence-corrected chi connectivity index (χ3v) is 16.5. The second kappa shape index (κ2) is 20.9. The van der Waals surface area contributed by atoms with Crippen LogP contribution in [0.4, 0.5) is 0 Å². The minimum atomic E-state index is -2.93. The number of aliphatic hydroxyl groups excluding tert-OH is 1. The number of carbonyl (C=O) groups excluding carboxylic acids is 1. The maximum Gasteiger partial charge on any atom is 0.309 e. The summed E-state index contributed by atoms with van der Waals surface area (Å²) >= 11 is 6.91. The number of allylic oxidation sites excluding steroid dienone is 3. The normalized spacial score (nSPS) is 21.8. The second-order valence-electron chi connectivity index (χ2n) is 17.4. The van der Waals surface area contributed by atoms with E-state index in [-0.39, 0.29) is 48.4 Å². The molecule has 59 heavy (non-hydrogen) atoms. The first-order valence-corrected chi connectivity index (χ1v) is 23.2. The number of hydrogen-bond donors (Lipinski definition) is 1. The summed E-state index contributed by atoms with van der Waals surface area (Å²) in [4.78, 5) is 12.8. The van der Waals surface area contributed by atoms with Crippen molar-refractivity contribution < 1.29 is 42.7 Å². The van der Waals surface area contributed by atoms with Crippen LogP contribution in [0.2, 0.25) is 5.04 Å². The van der Waals surface area contributed by atoms with Gasteiger partial charge in [0.25, 0.3) is 8.32 Å². The molecule has 11 heteroatoms. The molecule has 2 aliphatic heterocycles. The number of halogens is 1. The summed E-state index contributed by atoms with van der Waals surface area (Å²) in [6, 6.07) is 26.8. The van der Waals surface area contributed by atoms with E-state index in [0.717, 1.165) is 35.2 Å². The lowest BCUT2D eigenvalue weighted by molar-refractivity contribution is -0.158. The summed E-state index contributed by atoms with van der Waals surface area (Å²) in [6.07, 6.45) is 5.48. The van der Waals surface area contributed by atoms with Gasteiger partial charge in [-0.15, -0.1) is 0 Å². The number of esters is 1. The summed E-state index contributed by atoms with van der Waals surface area (Å²) in [7, 11) is 0.358. The molecule has 1 N–H and O–H groups in total. The van der Waals surface area contributed by atoms with Crippen LogP contribution in [0.15, 0.2) is 102 Å². The van der Waals surface area contributed by atoms with Gasteiger partial charge in [-0.05, 0) is 104 Å². The molecular weight excluding hydrogens is 784 g/mol. The highest BCUT2D eigenvalue weighted by Crippen LogP contribution is 2.40. The zero-order valence-corrected chi connectivity index (χ0v) is 38.1. The van der Waals surface area contributed by atoms with Crippen molar-refractivity contribution in [3.05, 3.63) is 107 Å². The fourth-order valence-electron chi connectivity index (χ4n) is 8.41. The molecule has 322 valence electrons. The predicted octanol–water partition coefficient (Wildman–Crippen LogP) is 8.67. The molecule has 5 atom stereocenters. The Labute approximate surface area is 358 Å². The van der Waals surface area contributed by atoms with Crippen molar-refractivity contribution in [2.45, 2.75) is 128 Å². The van der Waals surface area contributed by atoms with Gasteiger partial charge >= 0.3 is 5.97 Å². The van der Waals surface area contributed by atoms with E-state index in [4.69, 9.17) is 44.4 Å². The zero-order chi connectivity index (χ0) is 42.8. The maximum atomic E-state index is 12.8. The smallest absolute Gasteiger partial charge is 0.309 e. The van der Waals surface area contributed by atoms with Crippen LogP contribution in [0, 0.1) is 5.92 Å². The standard InChI is InChI=1S/C48H65ClO9Si/c1-33(2)56-45(51)30-41(50)35(31-55-59(47(3,4)5,39-19-12-10-13-20-39)40-21-14-11-15-22-40)17-16-18-37(49)24-25-38-29-36(46(57-38)44-32-54-48(6,7)58-44)27-34-23-26-42(52-8)43(28-34)53-9/h10-15,17-23,26,28,33,36,38,41,44,46,50H,16,24-25,27,29-32H2,1-9H3/b35-17-,37-18+/t36-,38-,41?,44-,46+/m1/s1. The van der Waals surface area contributed by atoms with Crippen LogP contribution in [-0.4, -0.2) is 83.1 Å². The molecule has 0 spiro atoms. The van der Waals surface area contributed by atoms with Gasteiger partial charge in [-0.2, -0.15) is 0 Å². The molecule has 9 nitrogen and oxygen atoms in total. The Morgan fingerprint density at radius 2 is 1.61 bits per heavy atom. The average molecular weight is 850 g/mol. The van der Waals surface area contributed by atoms with Crippen LogP contribution < -0.4 is 19.8 Å². The Morgan fingerprint density at radius 3 is 2.17 bits per heavy atom. The number of rotatable bonds is 19. The first-order valence-electron chi connectivity index (χ1n) is 20.9. The van der Waals surface area contributed by atoms with E-state index in [1.54, 1.807) is 28.1 Å². The molecule has 3 aromatic rings. The molecule has 0 saturated carbocycles. The number of methoxy groups -OCH3 is 2. The van der Waals surface area contributed by atoms with E-state index in [9.17, 15) is 9.90 Å². The van der Waals surface area contributed by atoms with Crippen molar-refractivity contribution in [2.75, 3.05) is 27.4 Å². The lowest BCUT2D eigenvalue weighted by atomic mass is 9.88. The third kappa shape index (κ3) is 12.3. The second-order valence-corrected chi connectivity index (χ2v) is 22.2. The quantitative estimate of drug-likeness (QED) is 0.0722. The van der Waals surface area contributed by atoms with Gasteiger partial charge in [0, 0.05) is 5.03 Å². The lowest BCUT2D eigenvalue weighted by Gasteiger charge is -2.43. The number of benzene rings is 3. The van der Waals surface area contributed by atoms with Gasteiger partial charge in [0.05, 0.1) is 58.3 Å². The molecule has 2 saturated heterocycles. The first kappa shape index (κ1) is 46.6. The fraction of sp³-hybridized carbons (Fsp3) is 0.521. The lowest BCUT2D eigenvalue weighted by Crippen LogP contribution is -2.66. The van der Waals surface area contributed by atoms with E-state index in [1.165, 1.54) is 0 Å². The topological polar surface area (TPSA) is 102 Å². The summed E-state index contributed by atoms with van der Waals surface area (Å²) in [5, 5.41) is 14.2. The van der Waals surface area contributed by atoms with Crippen LogP contribution in [0.25, 0.3) is 0 Å². The Hall–Kier alpha value is -3.48.